The number of nitrogens with zero attached hydrogens (tertiary/aromatic N) is 2. The van der Waals surface area contributed by atoms with E-state index in [2.05, 4.69) is 15.2 Å². The van der Waals surface area contributed by atoms with Gasteiger partial charge in [0, 0.05) is 23.5 Å². The fourth-order valence-corrected chi connectivity index (χ4v) is 0.978. The van der Waals surface area contributed by atoms with Crippen LogP contribution in [-0.4, -0.2) is 15.2 Å². The molecule has 2 aromatic rings. The van der Waals surface area contributed by atoms with Crippen LogP contribution in [0.15, 0.2) is 18.5 Å². The Kier molecular flexibility index (Phi) is 2.80. The van der Waals surface area contributed by atoms with E-state index < -0.39 is 0 Å². The van der Waals surface area contributed by atoms with E-state index in [0.29, 0.717) is 0 Å². The maximum Gasteiger partial charge on any atom is 0.0954 e. The fourth-order valence-electron chi connectivity index (χ4n) is 0.978. The number of aromatic amines is 1. The molecule has 0 fully saturated rings. The fraction of sp³-hybridized carbons (Fsp3) is 0.333. The van der Waals surface area contributed by atoms with Crippen LogP contribution in [0.5, 0.6) is 0 Å². The zero-order chi connectivity index (χ0) is 8.97. The van der Waals surface area contributed by atoms with Crippen molar-refractivity contribution in [3.05, 3.63) is 24.2 Å². The van der Waals surface area contributed by atoms with Crippen molar-refractivity contribution in [2.24, 2.45) is 0 Å². The average molecular weight is 163 g/mol. The average Bonchev–Trinajstić information content (AvgIpc) is 2.53. The number of hydrogen-bond acceptors (Lipinski definition) is 2. The molecule has 0 bridgehead atoms. The second-order valence-corrected chi connectivity index (χ2v) is 2.24. The summed E-state index contributed by atoms with van der Waals surface area (Å²) in [5, 5.41) is 8.04. The molecule has 0 amide bonds. The minimum atomic E-state index is 0.979. The van der Waals surface area contributed by atoms with Gasteiger partial charge in [-0.05, 0) is 13.0 Å². The predicted octanol–water partition coefficient (Wildman–Crippen LogP) is 2.29. The Morgan fingerprint density at radius 2 is 2.08 bits per heavy atom. The molecule has 64 valence electrons. The van der Waals surface area contributed by atoms with Crippen molar-refractivity contribution in [3.8, 4) is 0 Å². The van der Waals surface area contributed by atoms with E-state index in [1.807, 2.05) is 33.0 Å². The van der Waals surface area contributed by atoms with Gasteiger partial charge in [-0.2, -0.15) is 5.10 Å². The molecule has 1 N–H and O–H groups in total. The van der Waals surface area contributed by atoms with Gasteiger partial charge in [-0.3, -0.25) is 10.1 Å². The lowest BCUT2D eigenvalue weighted by atomic mass is 10.3. The summed E-state index contributed by atoms with van der Waals surface area (Å²) >= 11 is 0. The van der Waals surface area contributed by atoms with Crippen LogP contribution in [0.3, 0.4) is 0 Å². The molecule has 0 aliphatic rings. The van der Waals surface area contributed by atoms with Gasteiger partial charge in [-0.15, -0.1) is 0 Å². The van der Waals surface area contributed by atoms with Crippen LogP contribution in [0.25, 0.3) is 10.9 Å². The lowest BCUT2D eigenvalue weighted by Crippen LogP contribution is -1.70. The predicted molar refractivity (Wildman–Crippen MR) is 50.0 cm³/mol. The van der Waals surface area contributed by atoms with Crippen molar-refractivity contribution in [1.82, 2.24) is 15.2 Å². The summed E-state index contributed by atoms with van der Waals surface area (Å²) in [7, 11) is 0. The molecule has 2 aromatic heterocycles. The van der Waals surface area contributed by atoms with E-state index in [0.717, 1.165) is 16.6 Å². The molecule has 12 heavy (non-hydrogen) atoms. The van der Waals surface area contributed by atoms with E-state index in [4.69, 9.17) is 0 Å². The van der Waals surface area contributed by atoms with Gasteiger partial charge in [0.1, 0.15) is 0 Å². The first-order valence-electron chi connectivity index (χ1n) is 4.12. The lowest BCUT2D eigenvalue weighted by Gasteiger charge is -1.83. The highest BCUT2D eigenvalue weighted by molar-refractivity contribution is 5.79. The Bertz CT molecular complexity index is 351. The molecular formula is C9H13N3. The second-order valence-electron chi connectivity index (χ2n) is 2.24. The minimum absolute atomic E-state index is 0.979. The van der Waals surface area contributed by atoms with Gasteiger partial charge in [-0.25, -0.2) is 0 Å². The van der Waals surface area contributed by atoms with Crippen LogP contribution in [0.1, 0.15) is 19.5 Å². The minimum Gasteiger partial charge on any atom is -0.282 e. The summed E-state index contributed by atoms with van der Waals surface area (Å²) in [6, 6.07) is 1.89. The Morgan fingerprint density at radius 1 is 1.33 bits per heavy atom. The zero-order valence-electron chi connectivity index (χ0n) is 7.63. The molecule has 0 aromatic carbocycles. The summed E-state index contributed by atoms with van der Waals surface area (Å²) in [6.07, 6.45) is 3.55. The molecule has 0 saturated carbocycles. The van der Waals surface area contributed by atoms with E-state index >= 15 is 0 Å². The molecule has 0 unspecified atom stereocenters. The van der Waals surface area contributed by atoms with E-state index in [1.165, 1.54) is 0 Å². The first kappa shape index (κ1) is 8.71. The van der Waals surface area contributed by atoms with Crippen LogP contribution >= 0.6 is 0 Å². The lowest BCUT2D eigenvalue weighted by molar-refractivity contribution is 1.07. The number of aryl methyl sites for hydroxylation is 1. The summed E-state index contributed by atoms with van der Waals surface area (Å²) < 4.78 is 0. The molecule has 3 heteroatoms. The Labute approximate surface area is 71.8 Å². The SMILES string of the molecule is CC.Cc1[nH]nc2ccncc12. The van der Waals surface area contributed by atoms with Gasteiger partial charge in [0.05, 0.1) is 5.52 Å². The molecule has 0 aliphatic carbocycles. The molecule has 3 nitrogen and oxygen atoms in total. The smallest absolute Gasteiger partial charge is 0.0954 e. The largest absolute Gasteiger partial charge is 0.282 e. The first-order chi connectivity index (χ1) is 5.88. The molecule has 0 saturated heterocycles. The number of hydrogen-bond donors (Lipinski definition) is 1. The van der Waals surface area contributed by atoms with Gasteiger partial charge in [-0.1, -0.05) is 13.8 Å². The van der Waals surface area contributed by atoms with Crippen LogP contribution in [0.4, 0.5) is 0 Å². The maximum atomic E-state index is 4.05. The van der Waals surface area contributed by atoms with Crippen molar-refractivity contribution in [2.45, 2.75) is 20.8 Å². The van der Waals surface area contributed by atoms with Gasteiger partial charge in [0.2, 0.25) is 0 Å². The van der Waals surface area contributed by atoms with E-state index in [9.17, 15) is 0 Å². The highest BCUT2D eigenvalue weighted by atomic mass is 15.1. The maximum absolute atomic E-state index is 4.05. The zero-order valence-corrected chi connectivity index (χ0v) is 7.63. The summed E-state index contributed by atoms with van der Waals surface area (Å²) in [6.45, 7) is 5.98. The number of H-pyrrole nitrogens is 1. The highest BCUT2D eigenvalue weighted by Gasteiger charge is 1.97. The van der Waals surface area contributed by atoms with Gasteiger partial charge in [0.25, 0.3) is 0 Å². The highest BCUT2D eigenvalue weighted by Crippen LogP contribution is 2.11. The number of rotatable bonds is 0. The van der Waals surface area contributed by atoms with Crippen molar-refractivity contribution >= 4 is 10.9 Å². The Morgan fingerprint density at radius 3 is 2.75 bits per heavy atom. The number of pyridine rings is 1. The quantitative estimate of drug-likeness (QED) is 0.647. The number of nitrogens with one attached hydrogen (secondary N) is 1. The summed E-state index contributed by atoms with van der Waals surface area (Å²) in [5.74, 6) is 0. The van der Waals surface area contributed by atoms with Crippen molar-refractivity contribution in [1.29, 1.82) is 0 Å². The topological polar surface area (TPSA) is 41.6 Å². The van der Waals surface area contributed by atoms with Crippen LogP contribution in [0.2, 0.25) is 0 Å². The third kappa shape index (κ3) is 1.44. The van der Waals surface area contributed by atoms with Crippen LogP contribution in [0, 0.1) is 6.92 Å². The van der Waals surface area contributed by atoms with E-state index in [1.54, 1.807) is 6.20 Å². The first-order valence-corrected chi connectivity index (χ1v) is 4.12. The molecule has 2 rings (SSSR count). The van der Waals surface area contributed by atoms with E-state index in [-0.39, 0.29) is 0 Å². The Hall–Kier alpha value is -1.38. The normalized spacial score (nSPS) is 9.25. The second kappa shape index (κ2) is 3.85. The monoisotopic (exact) mass is 163 g/mol. The van der Waals surface area contributed by atoms with Crippen molar-refractivity contribution < 1.29 is 0 Å². The van der Waals surface area contributed by atoms with Gasteiger partial charge >= 0.3 is 0 Å². The van der Waals surface area contributed by atoms with Crippen molar-refractivity contribution in [3.63, 3.8) is 0 Å². The third-order valence-corrected chi connectivity index (χ3v) is 1.55. The molecule has 0 aliphatic heterocycles. The van der Waals surface area contributed by atoms with Gasteiger partial charge in [0.15, 0.2) is 0 Å². The molecule has 0 atom stereocenters. The molecule has 0 radical (unpaired) electrons. The Balaban J connectivity index is 0.000000336. The third-order valence-electron chi connectivity index (χ3n) is 1.55. The van der Waals surface area contributed by atoms with Crippen molar-refractivity contribution in [2.75, 3.05) is 0 Å². The number of aromatic nitrogens is 3. The van der Waals surface area contributed by atoms with Crippen LogP contribution < -0.4 is 0 Å². The van der Waals surface area contributed by atoms with Gasteiger partial charge < -0.3 is 0 Å². The standard InChI is InChI=1S/C7H7N3.C2H6/c1-5-6-4-8-3-2-7(6)10-9-5;1-2/h2-4H,1H3,(H,9,10);1-2H3. The van der Waals surface area contributed by atoms with Crippen LogP contribution in [-0.2, 0) is 0 Å². The summed E-state index contributed by atoms with van der Waals surface area (Å²) in [4.78, 5) is 3.99. The number of fused-ring (bicyclic) bond motifs is 1. The molecule has 0 spiro atoms. The molecular weight excluding hydrogens is 150 g/mol. The summed E-state index contributed by atoms with van der Waals surface area (Å²) in [5.41, 5.74) is 2.05. The molecule has 2 heterocycles.